The van der Waals surface area contributed by atoms with Gasteiger partial charge in [0.2, 0.25) is 0 Å². The molecular weight excluding hydrogens is 1160 g/mol. The van der Waals surface area contributed by atoms with Crippen molar-refractivity contribution in [1.82, 2.24) is 19.6 Å². The Kier molecular flexibility index (Phi) is 17.8. The molecule has 12 atom stereocenters. The molecule has 4 saturated carbocycles. The van der Waals surface area contributed by atoms with Crippen molar-refractivity contribution in [3.05, 3.63) is 134 Å². The van der Waals surface area contributed by atoms with Crippen LogP contribution in [0.2, 0.25) is 0 Å². The van der Waals surface area contributed by atoms with Crippen LogP contribution in [-0.2, 0) is 64.0 Å². The number of halogens is 3. The zero-order valence-corrected chi connectivity index (χ0v) is 56.6. The number of alkyl halides is 3. The lowest BCUT2D eigenvalue weighted by Gasteiger charge is -2.55. The van der Waals surface area contributed by atoms with E-state index < -0.39 is 15.6 Å². The quantitative estimate of drug-likeness (QED) is 0.0579. The third-order valence-electron chi connectivity index (χ3n) is 26.3. The van der Waals surface area contributed by atoms with Crippen LogP contribution in [0.15, 0.2) is 72.8 Å². The highest BCUT2D eigenvalue weighted by atomic mass is 32.2. The number of hydrogen-bond donors (Lipinski definition) is 2. The highest BCUT2D eigenvalue weighted by molar-refractivity contribution is 7.88. The number of benzene rings is 4. The molecule has 4 aliphatic heterocycles. The van der Waals surface area contributed by atoms with E-state index in [2.05, 4.69) is 133 Å². The topological polar surface area (TPSA) is 122 Å². The van der Waals surface area contributed by atoms with Crippen LogP contribution in [-0.4, -0.2) is 117 Å². The molecule has 0 spiro atoms. The van der Waals surface area contributed by atoms with E-state index in [0.717, 1.165) is 84.1 Å². The summed E-state index contributed by atoms with van der Waals surface area (Å²) < 4.78 is 70.5. The van der Waals surface area contributed by atoms with Crippen LogP contribution >= 0.6 is 0 Å². The van der Waals surface area contributed by atoms with Crippen LogP contribution in [0.3, 0.4) is 0 Å². The lowest BCUT2D eigenvalue weighted by atomic mass is 9.59. The summed E-state index contributed by atoms with van der Waals surface area (Å²) in [5.41, 5.74) is 19.9. The van der Waals surface area contributed by atoms with Crippen LogP contribution in [0, 0.1) is 53.9 Å². The molecule has 4 N–H and O–H groups in total. The summed E-state index contributed by atoms with van der Waals surface area (Å²) in [4.78, 5) is 14.6. The van der Waals surface area contributed by atoms with Crippen molar-refractivity contribution in [2.24, 2.45) is 58.8 Å². The third kappa shape index (κ3) is 12.7. The summed E-state index contributed by atoms with van der Waals surface area (Å²) in [6.07, 6.45) is 20.5. The first-order valence-corrected chi connectivity index (χ1v) is 36.7. The number of likely N-dealkylation sites (tertiary alicyclic amines) is 4. The van der Waals surface area contributed by atoms with Crippen LogP contribution in [0.5, 0.6) is 11.5 Å². The van der Waals surface area contributed by atoms with E-state index in [-0.39, 0.29) is 28.7 Å². The predicted octanol–water partition coefficient (Wildman–Crippen LogP) is 14.0. The van der Waals surface area contributed by atoms with E-state index in [4.69, 9.17) is 22.8 Å². The van der Waals surface area contributed by atoms with E-state index in [9.17, 15) is 21.6 Å². The van der Waals surface area contributed by atoms with Gasteiger partial charge in [-0.25, -0.2) is 4.85 Å². The van der Waals surface area contributed by atoms with Gasteiger partial charge >= 0.3 is 15.6 Å². The molecule has 11 nitrogen and oxygen atoms in total. The first-order valence-electron chi connectivity index (χ1n) is 35.3. The smallest absolute Gasteiger partial charge is 0.479 e. The molecule has 4 unspecified atom stereocenters. The van der Waals surface area contributed by atoms with E-state index in [1.165, 1.54) is 169 Å². The molecule has 8 fully saturated rings. The normalized spacial score (nSPS) is 33.9. The standard InChI is InChI=1S/C19H24F3NO3S.C19H28N2O.C19H24N2.C19H28N2/c1-12-17-9-14-5-6-15(26-27(24,25)19(20,21)22)10-16(14)18(12,2)7-8-23(17)11-13-3-4-13;1-13-18-9-15-5-6-16(22-12-20)10-17(15)19(13,2)7-8-21(18)11-14-3-4-14;1-13-18-10-15-6-7-16(20-3)11-17(15)19(13,2)8-9-21(18)12-14-4-5-14;1-13-18-10-16-6-5-15(11-20)9-17(16)19(13,2)7-8-21(18)12-14-3-4-14/h5-6,10,12-13,17H,3-4,7-9,11H2,1-2H3;5-6,10,13-14,18H,3-4,7-9,11-12,20H2,1-2H3;6-7,11,13-14,18H,4-5,8-10,12H2,1-2H3;5-6,9,13-14,18H,3-4,7-8,10-12,20H2,1-2H3/t12-,17?,18-;3*13-,18?,19-/m0000/s1. The van der Waals surface area contributed by atoms with Crippen molar-refractivity contribution in [2.45, 2.75) is 216 Å². The van der Waals surface area contributed by atoms with Gasteiger partial charge in [0.1, 0.15) is 18.2 Å². The summed E-state index contributed by atoms with van der Waals surface area (Å²) in [6, 6.07) is 27.2. The summed E-state index contributed by atoms with van der Waals surface area (Å²) >= 11 is 0. The second-order valence-electron chi connectivity index (χ2n) is 31.7. The van der Waals surface area contributed by atoms with Crippen molar-refractivity contribution in [2.75, 3.05) is 59.1 Å². The maximum absolute atomic E-state index is 12.6. The Labute approximate surface area is 542 Å². The molecule has 91 heavy (non-hydrogen) atoms. The van der Waals surface area contributed by atoms with Crippen molar-refractivity contribution >= 4 is 15.8 Å². The number of rotatable bonds is 13. The van der Waals surface area contributed by atoms with Gasteiger partial charge in [0.15, 0.2) is 5.69 Å². The summed E-state index contributed by atoms with van der Waals surface area (Å²) in [5, 5.41) is 0. The highest BCUT2D eigenvalue weighted by Gasteiger charge is 2.54. The molecule has 16 rings (SSSR count). The zero-order chi connectivity index (χ0) is 64.2. The second-order valence-corrected chi connectivity index (χ2v) is 33.3. The summed E-state index contributed by atoms with van der Waals surface area (Å²) in [5.74, 6) is 6.93. The van der Waals surface area contributed by atoms with E-state index in [1.807, 2.05) is 6.07 Å². The Morgan fingerprint density at radius 3 is 1.18 bits per heavy atom. The highest BCUT2D eigenvalue weighted by Crippen LogP contribution is 2.55. The Bertz CT molecular complexity index is 3490. The minimum Gasteiger partial charge on any atom is -0.479 e. The second kappa shape index (κ2) is 24.9. The summed E-state index contributed by atoms with van der Waals surface area (Å²) in [7, 11) is -5.66. The van der Waals surface area contributed by atoms with E-state index in [0.29, 0.717) is 47.8 Å². The molecule has 15 heteroatoms. The van der Waals surface area contributed by atoms with Gasteiger partial charge in [0.25, 0.3) is 0 Å². The zero-order valence-electron chi connectivity index (χ0n) is 55.8. The molecule has 0 aromatic heterocycles. The molecule has 8 aliphatic carbocycles. The molecule has 0 amide bonds. The molecule has 4 aromatic rings. The minimum atomic E-state index is -5.66. The van der Waals surface area contributed by atoms with Gasteiger partial charge in [-0.05, 0) is 272 Å². The number of piperidine rings is 4. The maximum Gasteiger partial charge on any atom is 0.534 e. The molecule has 4 heterocycles. The molecule has 4 saturated heterocycles. The van der Waals surface area contributed by atoms with Gasteiger partial charge in [-0.3, -0.25) is 25.3 Å². The lowest BCUT2D eigenvalue weighted by molar-refractivity contribution is -0.0500. The lowest BCUT2D eigenvalue weighted by Crippen LogP contribution is -2.58. The largest absolute Gasteiger partial charge is 0.534 e. The molecule has 12 aliphatic rings. The molecule has 4 aromatic carbocycles. The van der Waals surface area contributed by atoms with Crippen LogP contribution < -0.4 is 20.4 Å². The average molecular weight is 1270 g/mol. The van der Waals surface area contributed by atoms with Crippen molar-refractivity contribution < 1.29 is 30.5 Å². The third-order valence-corrected chi connectivity index (χ3v) is 27.3. The van der Waals surface area contributed by atoms with E-state index >= 15 is 0 Å². The van der Waals surface area contributed by atoms with Crippen LogP contribution in [0.1, 0.15) is 183 Å². The fourth-order valence-corrected chi connectivity index (χ4v) is 19.3. The van der Waals surface area contributed by atoms with E-state index in [1.54, 1.807) is 17.2 Å². The number of nitrogens with zero attached hydrogens (tertiary/aromatic N) is 5. The molecule has 8 bridgehead atoms. The molecule has 494 valence electrons. The Hall–Kier alpha value is -4.53. The van der Waals surface area contributed by atoms with Gasteiger partial charge in [-0.1, -0.05) is 104 Å². The van der Waals surface area contributed by atoms with Gasteiger partial charge in [-0.15, -0.1) is 0 Å². The van der Waals surface area contributed by atoms with Gasteiger partial charge < -0.3 is 14.7 Å². The summed E-state index contributed by atoms with van der Waals surface area (Å²) in [6.45, 7) is 37.2. The number of fused-ring (bicyclic) bond motifs is 16. The van der Waals surface area contributed by atoms with Gasteiger partial charge in [0, 0.05) is 56.9 Å². The molecular formula is C76H104F3N7O4S. The Morgan fingerprint density at radius 2 is 0.835 bits per heavy atom. The van der Waals surface area contributed by atoms with Gasteiger partial charge in [-0.2, -0.15) is 21.6 Å². The van der Waals surface area contributed by atoms with Crippen LogP contribution in [0.25, 0.3) is 4.85 Å². The number of nitrogens with two attached hydrogens (primary N) is 2. The first kappa shape index (κ1) is 65.1. The monoisotopic (exact) mass is 1270 g/mol. The van der Waals surface area contributed by atoms with Crippen LogP contribution in [0.4, 0.5) is 18.9 Å². The minimum absolute atomic E-state index is 0.195. The Balaban J connectivity index is 0.000000112. The molecule has 0 radical (unpaired) electrons. The SMILES string of the molecule is C[C@H]1C2Cc3ccc(CN)cc3[C@@]1(C)CCN2CC1CC1.C[C@H]1C2Cc3ccc(OCN)cc3[C@@]1(C)CCN2CC1CC1.C[C@H]1C2Cc3ccc(OS(=O)(=O)C(F)(F)F)cc3[C@@]1(C)CCN2CC1CC1.[C-]#[N+]c1ccc2c(c1)[C@@]1(C)CCN(CC3CC3)C(C2)[C@@H]1C. The number of hydrogen-bond acceptors (Lipinski definition) is 10. The fourth-order valence-electron chi connectivity index (χ4n) is 18.9. The fraction of sp³-hybridized carbons (Fsp3) is 0.671. The maximum atomic E-state index is 12.6. The predicted molar refractivity (Wildman–Crippen MR) is 357 cm³/mol. The van der Waals surface area contributed by atoms with Crippen molar-refractivity contribution in [3.63, 3.8) is 0 Å². The van der Waals surface area contributed by atoms with Crippen molar-refractivity contribution in [3.8, 4) is 11.5 Å². The first-order chi connectivity index (χ1) is 43.4. The van der Waals surface area contributed by atoms with Gasteiger partial charge in [0.05, 0.1) is 6.57 Å². The van der Waals surface area contributed by atoms with Crippen molar-refractivity contribution in [1.29, 1.82) is 0 Å². The Morgan fingerprint density at radius 1 is 0.505 bits per heavy atom. The number of ether oxygens (including phenoxy) is 1. The average Bonchev–Trinajstić information content (AvgIpc) is 1.37.